The molecule has 0 heterocycles. The van der Waals surface area contributed by atoms with Crippen molar-refractivity contribution in [2.75, 3.05) is 24.5 Å². The second-order valence-corrected chi connectivity index (χ2v) is 12.4. The molecule has 0 aromatic heterocycles. The largest absolute Gasteiger partial charge is 0.497 e. The molecule has 3 rings (SSSR count). The van der Waals surface area contributed by atoms with Crippen molar-refractivity contribution >= 4 is 27.5 Å². The number of nitrogens with one attached hydrogen (secondary N) is 1. The number of ether oxygens (including phenoxy) is 1. The summed E-state index contributed by atoms with van der Waals surface area (Å²) < 4.78 is 34.7. The van der Waals surface area contributed by atoms with Crippen LogP contribution in [0.1, 0.15) is 55.4 Å². The number of aryl methyl sites for hydroxylation is 3. The maximum absolute atomic E-state index is 14.2. The minimum absolute atomic E-state index is 0.0906. The van der Waals surface area contributed by atoms with Crippen molar-refractivity contribution in [1.82, 2.24) is 10.2 Å². The molecular formula is C33H43N3O5S. The normalized spacial score (nSPS) is 12.0. The van der Waals surface area contributed by atoms with Crippen LogP contribution >= 0.6 is 0 Å². The minimum Gasteiger partial charge on any atom is -0.497 e. The molecule has 0 radical (unpaired) electrons. The Morgan fingerprint density at radius 1 is 0.905 bits per heavy atom. The first-order valence-electron chi connectivity index (χ1n) is 14.4. The van der Waals surface area contributed by atoms with E-state index in [1.165, 1.54) is 9.21 Å². The summed E-state index contributed by atoms with van der Waals surface area (Å²) >= 11 is 0. The lowest BCUT2D eigenvalue weighted by Gasteiger charge is -2.33. The molecule has 1 atom stereocenters. The van der Waals surface area contributed by atoms with Gasteiger partial charge in [0.2, 0.25) is 11.8 Å². The lowest BCUT2D eigenvalue weighted by atomic mass is 10.1. The Hall–Kier alpha value is -3.85. The van der Waals surface area contributed by atoms with Crippen LogP contribution in [0.3, 0.4) is 0 Å². The summed E-state index contributed by atoms with van der Waals surface area (Å²) in [4.78, 5) is 29.1. The average Bonchev–Trinajstić information content (AvgIpc) is 2.97. The molecule has 0 aliphatic rings. The highest BCUT2D eigenvalue weighted by atomic mass is 32.2. The molecule has 0 spiro atoms. The molecule has 3 aromatic carbocycles. The van der Waals surface area contributed by atoms with Crippen LogP contribution < -0.4 is 14.4 Å². The van der Waals surface area contributed by atoms with Crippen LogP contribution in [0.15, 0.2) is 71.6 Å². The fourth-order valence-electron chi connectivity index (χ4n) is 4.69. The van der Waals surface area contributed by atoms with E-state index in [2.05, 4.69) is 5.32 Å². The third-order valence-corrected chi connectivity index (χ3v) is 9.02. The zero-order chi connectivity index (χ0) is 30.9. The minimum atomic E-state index is -4.12. The smallest absolute Gasteiger partial charge is 0.264 e. The summed E-state index contributed by atoms with van der Waals surface area (Å²) in [5, 5.41) is 2.95. The van der Waals surface area contributed by atoms with E-state index in [9.17, 15) is 18.0 Å². The third kappa shape index (κ3) is 8.12. The number of unbranched alkanes of at least 4 members (excludes halogenated alkanes) is 1. The van der Waals surface area contributed by atoms with Crippen LogP contribution in [0.4, 0.5) is 5.69 Å². The number of nitrogens with zero attached hydrogens (tertiary/aromatic N) is 2. The molecule has 0 aliphatic heterocycles. The van der Waals surface area contributed by atoms with E-state index in [0.29, 0.717) is 24.4 Å². The molecule has 3 aromatic rings. The number of benzene rings is 3. The highest BCUT2D eigenvalue weighted by Crippen LogP contribution is 2.29. The monoisotopic (exact) mass is 593 g/mol. The summed E-state index contributed by atoms with van der Waals surface area (Å²) in [6.07, 6.45) is 2.12. The van der Waals surface area contributed by atoms with Gasteiger partial charge in [-0.25, -0.2) is 8.42 Å². The molecule has 0 bridgehead atoms. The molecule has 0 saturated carbocycles. The van der Waals surface area contributed by atoms with E-state index >= 15 is 0 Å². The Bertz CT molecular complexity index is 1450. The Morgan fingerprint density at radius 3 is 2.14 bits per heavy atom. The van der Waals surface area contributed by atoms with Gasteiger partial charge in [0.25, 0.3) is 10.0 Å². The Kier molecular flexibility index (Phi) is 11.6. The van der Waals surface area contributed by atoms with Crippen LogP contribution in [-0.4, -0.2) is 51.4 Å². The van der Waals surface area contributed by atoms with Crippen molar-refractivity contribution < 1.29 is 22.7 Å². The molecule has 226 valence electrons. The predicted molar refractivity (Wildman–Crippen MR) is 167 cm³/mol. The van der Waals surface area contributed by atoms with Gasteiger partial charge in [0.15, 0.2) is 0 Å². The van der Waals surface area contributed by atoms with Gasteiger partial charge in [0, 0.05) is 13.1 Å². The number of methoxy groups -OCH3 is 1. The number of hydrogen-bond donors (Lipinski definition) is 1. The van der Waals surface area contributed by atoms with Crippen molar-refractivity contribution in [2.45, 2.75) is 71.4 Å². The van der Waals surface area contributed by atoms with Crippen molar-refractivity contribution in [1.29, 1.82) is 0 Å². The zero-order valence-electron chi connectivity index (χ0n) is 25.5. The van der Waals surface area contributed by atoms with Crippen LogP contribution in [-0.2, 0) is 26.2 Å². The fourth-order valence-corrected chi connectivity index (χ4v) is 6.16. The molecular weight excluding hydrogens is 550 g/mol. The highest BCUT2D eigenvalue weighted by molar-refractivity contribution is 7.92. The number of amides is 2. The van der Waals surface area contributed by atoms with Gasteiger partial charge in [-0.15, -0.1) is 0 Å². The van der Waals surface area contributed by atoms with Gasteiger partial charge in [0.1, 0.15) is 18.3 Å². The first-order chi connectivity index (χ1) is 20.0. The first kappa shape index (κ1) is 32.7. The van der Waals surface area contributed by atoms with Gasteiger partial charge in [-0.05, 0) is 80.6 Å². The van der Waals surface area contributed by atoms with E-state index in [4.69, 9.17) is 4.74 Å². The second kappa shape index (κ2) is 14.9. The maximum Gasteiger partial charge on any atom is 0.264 e. The van der Waals surface area contributed by atoms with Crippen molar-refractivity contribution in [3.63, 3.8) is 0 Å². The van der Waals surface area contributed by atoms with E-state index in [1.54, 1.807) is 49.6 Å². The molecule has 0 saturated heterocycles. The highest BCUT2D eigenvalue weighted by Gasteiger charge is 2.34. The lowest BCUT2D eigenvalue weighted by Crippen LogP contribution is -2.52. The third-order valence-electron chi connectivity index (χ3n) is 7.25. The van der Waals surface area contributed by atoms with Gasteiger partial charge < -0.3 is 15.0 Å². The number of sulfonamides is 1. The van der Waals surface area contributed by atoms with E-state index in [1.807, 2.05) is 58.9 Å². The lowest BCUT2D eigenvalue weighted by molar-refractivity contribution is -0.140. The Balaban J connectivity index is 2.07. The van der Waals surface area contributed by atoms with Gasteiger partial charge in [-0.1, -0.05) is 62.2 Å². The van der Waals surface area contributed by atoms with Crippen LogP contribution in [0.5, 0.6) is 5.75 Å². The number of rotatable bonds is 14. The predicted octanol–water partition coefficient (Wildman–Crippen LogP) is 5.54. The Labute approximate surface area is 250 Å². The topological polar surface area (TPSA) is 96.0 Å². The summed E-state index contributed by atoms with van der Waals surface area (Å²) in [6.45, 7) is 9.66. The number of carbonyl (C=O) groups is 2. The van der Waals surface area contributed by atoms with Crippen molar-refractivity contribution in [3.05, 3.63) is 89.0 Å². The second-order valence-electron chi connectivity index (χ2n) is 10.6. The SMILES string of the molecule is CCCCNC(=O)C(CC)N(Cc1ccc(OC)cc1)C(=O)CN(c1cc(C)ccc1C)S(=O)(=O)c1ccc(C)cc1. The summed E-state index contributed by atoms with van der Waals surface area (Å²) in [5.41, 5.74) is 3.73. The molecule has 1 N–H and O–H groups in total. The van der Waals surface area contributed by atoms with Gasteiger partial charge in [0.05, 0.1) is 17.7 Å². The summed E-state index contributed by atoms with van der Waals surface area (Å²) in [7, 11) is -2.54. The van der Waals surface area contributed by atoms with Crippen molar-refractivity contribution in [3.8, 4) is 5.75 Å². The van der Waals surface area contributed by atoms with Crippen LogP contribution in [0.25, 0.3) is 0 Å². The van der Waals surface area contributed by atoms with Crippen molar-refractivity contribution in [2.24, 2.45) is 0 Å². The van der Waals surface area contributed by atoms with Crippen LogP contribution in [0.2, 0.25) is 0 Å². The maximum atomic E-state index is 14.2. The van der Waals surface area contributed by atoms with Gasteiger partial charge >= 0.3 is 0 Å². The average molecular weight is 594 g/mol. The molecule has 1 unspecified atom stereocenters. The number of hydrogen-bond acceptors (Lipinski definition) is 5. The van der Waals surface area contributed by atoms with E-state index in [0.717, 1.165) is 35.1 Å². The Morgan fingerprint density at radius 2 is 1.55 bits per heavy atom. The van der Waals surface area contributed by atoms with E-state index in [-0.39, 0.29) is 17.3 Å². The first-order valence-corrected chi connectivity index (χ1v) is 15.8. The molecule has 9 heteroatoms. The molecule has 0 aliphatic carbocycles. The quantitative estimate of drug-likeness (QED) is 0.248. The molecule has 42 heavy (non-hydrogen) atoms. The standard InChI is InChI=1S/C33H43N3O5S/c1-7-9-20-34-33(38)30(8-2)35(22-27-14-16-28(41-6)17-15-27)32(37)23-36(31-21-25(4)10-13-26(31)5)42(39,40)29-18-11-24(3)12-19-29/h10-19,21,30H,7-9,20,22-23H2,1-6H3,(H,34,38). The number of anilines is 1. The molecule has 8 nitrogen and oxygen atoms in total. The summed E-state index contributed by atoms with van der Waals surface area (Å²) in [5.74, 6) is -0.0568. The fraction of sp³-hybridized carbons (Fsp3) is 0.394. The van der Waals surface area contributed by atoms with E-state index < -0.39 is 28.5 Å². The van der Waals surface area contributed by atoms with Crippen LogP contribution in [0, 0.1) is 20.8 Å². The van der Waals surface area contributed by atoms with Gasteiger partial charge in [-0.2, -0.15) is 0 Å². The van der Waals surface area contributed by atoms with Gasteiger partial charge in [-0.3, -0.25) is 13.9 Å². The molecule has 2 amide bonds. The summed E-state index contributed by atoms with van der Waals surface area (Å²) in [6, 6.07) is 18.6. The molecule has 0 fully saturated rings. The zero-order valence-corrected chi connectivity index (χ0v) is 26.3. The number of carbonyl (C=O) groups excluding carboxylic acids is 2.